The number of benzene rings is 1. The zero-order chi connectivity index (χ0) is 26.2. The van der Waals surface area contributed by atoms with Crippen LogP contribution >= 0.6 is 0 Å². The molecule has 0 unspecified atom stereocenters. The van der Waals surface area contributed by atoms with Gasteiger partial charge in [0, 0.05) is 73.3 Å². The van der Waals surface area contributed by atoms with E-state index in [0.29, 0.717) is 23.6 Å². The molecule has 0 bridgehead atoms. The van der Waals surface area contributed by atoms with E-state index in [4.69, 9.17) is 5.11 Å². The number of piperidine rings is 1. The van der Waals surface area contributed by atoms with Gasteiger partial charge in [0.1, 0.15) is 11.4 Å². The van der Waals surface area contributed by atoms with Crippen LogP contribution < -0.4 is 9.64 Å². The number of carboxylic acid groups (broad SMARTS) is 1. The van der Waals surface area contributed by atoms with Gasteiger partial charge in [-0.15, -0.1) is 0 Å². The molecule has 1 saturated heterocycles. The Balaban J connectivity index is 1.39. The van der Waals surface area contributed by atoms with Crippen LogP contribution in [0.5, 0.6) is 5.75 Å². The van der Waals surface area contributed by atoms with Crippen molar-refractivity contribution in [2.24, 2.45) is 0 Å². The van der Waals surface area contributed by atoms with E-state index in [9.17, 15) is 18.0 Å². The first-order chi connectivity index (χ1) is 17.7. The summed E-state index contributed by atoms with van der Waals surface area (Å²) in [5.74, 6) is -0.900. The van der Waals surface area contributed by atoms with Gasteiger partial charge in [-0.3, -0.25) is 0 Å². The summed E-state index contributed by atoms with van der Waals surface area (Å²) < 4.78 is 46.7. The molecular formula is C26H24F3N5O3. The number of hydrogen-bond acceptors (Lipinski definition) is 6. The normalized spacial score (nSPS) is 15.3. The third-order valence-corrected chi connectivity index (χ3v) is 6.66. The molecule has 4 heterocycles. The fraction of sp³-hybridized carbons (Fsp3) is 0.308. The Labute approximate surface area is 210 Å². The van der Waals surface area contributed by atoms with Crippen molar-refractivity contribution in [2.45, 2.75) is 38.5 Å². The summed E-state index contributed by atoms with van der Waals surface area (Å²) in [5, 5.41) is 9.08. The third kappa shape index (κ3) is 4.93. The topological polar surface area (TPSA) is 92.9 Å². The average Bonchev–Trinajstić information content (AvgIpc) is 3.19. The molecule has 0 amide bonds. The molecular weight excluding hydrogens is 487 g/mol. The lowest BCUT2D eigenvalue weighted by atomic mass is 9.94. The second-order valence-corrected chi connectivity index (χ2v) is 8.98. The van der Waals surface area contributed by atoms with Crippen LogP contribution in [0.1, 0.15) is 29.8 Å². The molecule has 8 nitrogen and oxygen atoms in total. The van der Waals surface area contributed by atoms with Crippen molar-refractivity contribution >= 4 is 17.6 Å². The zero-order valence-corrected chi connectivity index (χ0v) is 19.9. The lowest BCUT2D eigenvalue weighted by molar-refractivity contribution is -0.152. The predicted octanol–water partition coefficient (Wildman–Crippen LogP) is 4.69. The van der Waals surface area contributed by atoms with Crippen molar-refractivity contribution in [2.75, 3.05) is 18.0 Å². The Morgan fingerprint density at radius 3 is 2.49 bits per heavy atom. The second kappa shape index (κ2) is 9.72. The minimum atomic E-state index is -2.92. The molecule has 192 valence electrons. The highest BCUT2D eigenvalue weighted by molar-refractivity contribution is 5.77. The number of aliphatic carboxylic acids is 1. The van der Waals surface area contributed by atoms with Gasteiger partial charge in [-0.2, -0.15) is 8.78 Å². The lowest BCUT2D eigenvalue weighted by Crippen LogP contribution is -2.47. The Morgan fingerprint density at radius 2 is 1.81 bits per heavy atom. The van der Waals surface area contributed by atoms with E-state index in [1.807, 2.05) is 29.7 Å². The van der Waals surface area contributed by atoms with Gasteiger partial charge in [0.15, 0.2) is 0 Å². The maximum Gasteiger partial charge on any atom is 0.387 e. The summed E-state index contributed by atoms with van der Waals surface area (Å²) in [6.07, 6.45) is 5.30. The number of halogens is 3. The molecule has 11 heteroatoms. The fourth-order valence-electron chi connectivity index (χ4n) is 4.54. The lowest BCUT2D eigenvalue weighted by Gasteiger charge is -2.33. The Kier molecular flexibility index (Phi) is 6.45. The SMILES string of the molecule is Cc1nc2ccc(-c3cnc(N4CCC(F)(C(=O)O)CC4)nc3)cn2c1Cc1ccccc1OC(F)F. The molecule has 37 heavy (non-hydrogen) atoms. The van der Waals surface area contributed by atoms with Crippen LogP contribution in [0.25, 0.3) is 16.8 Å². The van der Waals surface area contributed by atoms with Crippen molar-refractivity contribution in [3.63, 3.8) is 0 Å². The zero-order valence-electron chi connectivity index (χ0n) is 19.9. The maximum atomic E-state index is 14.3. The molecule has 3 aromatic heterocycles. The summed E-state index contributed by atoms with van der Waals surface area (Å²) in [6, 6.07) is 10.4. The summed E-state index contributed by atoms with van der Waals surface area (Å²) in [4.78, 5) is 26.3. The number of aromatic nitrogens is 4. The first kappa shape index (κ1) is 24.5. The van der Waals surface area contributed by atoms with Crippen LogP contribution in [0.2, 0.25) is 0 Å². The number of rotatable bonds is 7. The number of alkyl halides is 3. The standard InChI is InChI=1S/C26H24F3N5O3/c1-16-20(12-17-4-2-3-5-21(17)37-24(27)28)34-15-18(6-7-22(34)32-16)19-13-30-25(31-14-19)33-10-8-26(29,9-11-33)23(35)36/h2-7,13-15,24H,8-12H2,1H3,(H,35,36). The van der Waals surface area contributed by atoms with E-state index in [2.05, 4.69) is 19.7 Å². The smallest absolute Gasteiger partial charge is 0.387 e. The van der Waals surface area contributed by atoms with Gasteiger partial charge in [-0.25, -0.2) is 24.1 Å². The van der Waals surface area contributed by atoms with E-state index < -0.39 is 18.2 Å². The number of nitrogens with zero attached hydrogens (tertiary/aromatic N) is 5. The molecule has 1 aliphatic heterocycles. The van der Waals surface area contributed by atoms with Gasteiger partial charge < -0.3 is 19.1 Å². The van der Waals surface area contributed by atoms with Crippen LogP contribution in [-0.4, -0.2) is 55.8 Å². The molecule has 1 fully saturated rings. The van der Waals surface area contributed by atoms with Crippen LogP contribution in [0, 0.1) is 6.92 Å². The number of carboxylic acids is 1. The third-order valence-electron chi connectivity index (χ3n) is 6.66. The first-order valence-corrected chi connectivity index (χ1v) is 11.7. The summed E-state index contributed by atoms with van der Waals surface area (Å²) in [5.41, 5.74) is 2.29. The first-order valence-electron chi connectivity index (χ1n) is 11.7. The molecule has 0 atom stereocenters. The van der Waals surface area contributed by atoms with E-state index >= 15 is 0 Å². The van der Waals surface area contributed by atoms with Crippen molar-refractivity contribution in [1.29, 1.82) is 0 Å². The molecule has 1 N–H and O–H groups in total. The monoisotopic (exact) mass is 511 g/mol. The number of carbonyl (C=O) groups is 1. The largest absolute Gasteiger partial charge is 0.479 e. The van der Waals surface area contributed by atoms with Crippen molar-refractivity contribution in [3.8, 4) is 16.9 Å². The number of para-hydroxylation sites is 1. The molecule has 0 aliphatic carbocycles. The Bertz CT molecular complexity index is 1430. The maximum absolute atomic E-state index is 14.3. The van der Waals surface area contributed by atoms with Gasteiger partial charge in [-0.1, -0.05) is 18.2 Å². The second-order valence-electron chi connectivity index (χ2n) is 8.98. The molecule has 1 aromatic carbocycles. The van der Waals surface area contributed by atoms with E-state index in [-0.39, 0.29) is 31.7 Å². The fourth-order valence-corrected chi connectivity index (χ4v) is 4.54. The molecule has 0 saturated carbocycles. The van der Waals surface area contributed by atoms with Crippen LogP contribution in [0.4, 0.5) is 19.1 Å². The van der Waals surface area contributed by atoms with Gasteiger partial charge in [-0.05, 0) is 25.1 Å². The molecule has 5 rings (SSSR count). The number of hydrogen-bond donors (Lipinski definition) is 1. The van der Waals surface area contributed by atoms with Crippen molar-refractivity contribution < 1.29 is 27.8 Å². The predicted molar refractivity (Wildman–Crippen MR) is 130 cm³/mol. The van der Waals surface area contributed by atoms with E-state index in [1.54, 1.807) is 35.5 Å². The van der Waals surface area contributed by atoms with Crippen LogP contribution in [0.15, 0.2) is 55.0 Å². The molecule has 4 aromatic rings. The average molecular weight is 512 g/mol. The van der Waals surface area contributed by atoms with Crippen molar-refractivity contribution in [1.82, 2.24) is 19.4 Å². The summed E-state index contributed by atoms with van der Waals surface area (Å²) >= 11 is 0. The van der Waals surface area contributed by atoms with Gasteiger partial charge in [0.2, 0.25) is 11.6 Å². The van der Waals surface area contributed by atoms with E-state index in [1.165, 1.54) is 6.07 Å². The molecule has 1 aliphatic rings. The summed E-state index contributed by atoms with van der Waals surface area (Å²) in [6.45, 7) is -0.628. The Morgan fingerprint density at radius 1 is 1.11 bits per heavy atom. The number of fused-ring (bicyclic) bond motifs is 1. The van der Waals surface area contributed by atoms with Crippen LogP contribution in [-0.2, 0) is 11.2 Å². The number of ether oxygens (including phenoxy) is 1. The minimum absolute atomic E-state index is 0.123. The highest BCUT2D eigenvalue weighted by Gasteiger charge is 2.42. The summed E-state index contributed by atoms with van der Waals surface area (Å²) in [7, 11) is 0. The van der Waals surface area contributed by atoms with Gasteiger partial charge in [0.05, 0.1) is 5.69 Å². The number of aryl methyl sites for hydroxylation is 1. The molecule has 0 spiro atoms. The molecule has 0 radical (unpaired) electrons. The van der Waals surface area contributed by atoms with Crippen LogP contribution in [0.3, 0.4) is 0 Å². The van der Waals surface area contributed by atoms with Gasteiger partial charge >= 0.3 is 12.6 Å². The number of imidazole rings is 1. The van der Waals surface area contributed by atoms with Gasteiger partial charge in [0.25, 0.3) is 0 Å². The Hall–Kier alpha value is -4.15. The number of pyridine rings is 1. The highest BCUT2D eigenvalue weighted by atomic mass is 19.3. The highest BCUT2D eigenvalue weighted by Crippen LogP contribution is 2.30. The van der Waals surface area contributed by atoms with E-state index in [0.717, 1.165) is 22.5 Å². The van der Waals surface area contributed by atoms with Crippen molar-refractivity contribution in [3.05, 3.63) is 71.9 Å². The quantitative estimate of drug-likeness (QED) is 0.385. The number of anilines is 1. The minimum Gasteiger partial charge on any atom is -0.479 e.